The normalized spacial score (nSPS) is 10.3. The molecule has 0 unspecified atom stereocenters. The summed E-state index contributed by atoms with van der Waals surface area (Å²) in [5, 5.41) is 16.6. The second-order valence-electron chi connectivity index (χ2n) is 3.56. The van der Waals surface area contributed by atoms with E-state index in [1.165, 1.54) is 10.9 Å². The van der Waals surface area contributed by atoms with Crippen molar-refractivity contribution >= 4 is 17.6 Å². The number of carboxylic acids is 1. The second-order valence-corrected chi connectivity index (χ2v) is 4.00. The molecule has 0 aliphatic rings. The lowest BCUT2D eigenvalue weighted by molar-refractivity contribution is 0.0690. The predicted octanol–water partition coefficient (Wildman–Crippen LogP) is 1.69. The molecule has 0 saturated carbocycles. The number of carboxylic acid groups (broad SMARTS) is 1. The minimum Gasteiger partial charge on any atom is -0.496 e. The van der Waals surface area contributed by atoms with Gasteiger partial charge in [-0.2, -0.15) is 0 Å². The molecule has 0 fully saturated rings. The molecule has 0 aliphatic heterocycles. The minimum absolute atomic E-state index is 0.101. The molecule has 0 aliphatic carbocycles. The SMILES string of the molecule is COc1ccc(Cl)cc1Cn1cc(C(=O)O)nn1. The third-order valence-electron chi connectivity index (χ3n) is 2.33. The Morgan fingerprint density at radius 3 is 2.94 bits per heavy atom. The van der Waals surface area contributed by atoms with Crippen LogP contribution in [-0.2, 0) is 6.54 Å². The molecule has 18 heavy (non-hydrogen) atoms. The van der Waals surface area contributed by atoms with E-state index in [4.69, 9.17) is 21.4 Å². The standard InChI is InChI=1S/C11H10ClN3O3/c1-18-10-3-2-8(12)4-7(10)5-15-6-9(11(16)17)13-14-15/h2-4,6H,5H2,1H3,(H,16,17). The topological polar surface area (TPSA) is 77.2 Å². The van der Waals surface area contributed by atoms with E-state index < -0.39 is 5.97 Å². The van der Waals surface area contributed by atoms with Gasteiger partial charge in [-0.1, -0.05) is 16.8 Å². The van der Waals surface area contributed by atoms with Crippen molar-refractivity contribution < 1.29 is 14.6 Å². The summed E-state index contributed by atoms with van der Waals surface area (Å²) in [5.41, 5.74) is 0.697. The van der Waals surface area contributed by atoms with Gasteiger partial charge in [-0.05, 0) is 18.2 Å². The molecule has 1 N–H and O–H groups in total. The number of aromatic nitrogens is 3. The van der Waals surface area contributed by atoms with Crippen LogP contribution in [0.4, 0.5) is 0 Å². The van der Waals surface area contributed by atoms with Crippen LogP contribution in [0.1, 0.15) is 16.1 Å². The van der Waals surface area contributed by atoms with Crippen LogP contribution in [0.5, 0.6) is 5.75 Å². The third-order valence-corrected chi connectivity index (χ3v) is 2.57. The molecule has 0 spiro atoms. The average Bonchev–Trinajstić information content (AvgIpc) is 2.78. The van der Waals surface area contributed by atoms with Gasteiger partial charge in [0.05, 0.1) is 19.9 Å². The lowest BCUT2D eigenvalue weighted by atomic mass is 10.2. The summed E-state index contributed by atoms with van der Waals surface area (Å²) in [6.07, 6.45) is 1.35. The summed E-state index contributed by atoms with van der Waals surface area (Å²) >= 11 is 5.90. The Hall–Kier alpha value is -2.08. The quantitative estimate of drug-likeness (QED) is 0.912. The number of nitrogens with zero attached hydrogens (tertiary/aromatic N) is 3. The first kappa shape index (κ1) is 12.4. The van der Waals surface area contributed by atoms with Crippen molar-refractivity contribution in [2.24, 2.45) is 0 Å². The van der Waals surface area contributed by atoms with E-state index in [2.05, 4.69) is 10.3 Å². The van der Waals surface area contributed by atoms with E-state index >= 15 is 0 Å². The van der Waals surface area contributed by atoms with Crippen molar-refractivity contribution in [3.63, 3.8) is 0 Å². The van der Waals surface area contributed by atoms with E-state index in [-0.39, 0.29) is 5.69 Å². The van der Waals surface area contributed by atoms with E-state index in [0.29, 0.717) is 17.3 Å². The van der Waals surface area contributed by atoms with Gasteiger partial charge in [0.15, 0.2) is 5.69 Å². The summed E-state index contributed by atoms with van der Waals surface area (Å²) in [6, 6.07) is 5.20. The number of hydrogen-bond acceptors (Lipinski definition) is 4. The van der Waals surface area contributed by atoms with Crippen LogP contribution in [0.3, 0.4) is 0 Å². The average molecular weight is 268 g/mol. The highest BCUT2D eigenvalue weighted by molar-refractivity contribution is 6.30. The number of carbonyl (C=O) groups is 1. The van der Waals surface area contributed by atoms with Gasteiger partial charge < -0.3 is 9.84 Å². The number of benzene rings is 1. The van der Waals surface area contributed by atoms with Crippen molar-refractivity contribution in [3.05, 3.63) is 40.7 Å². The van der Waals surface area contributed by atoms with Crippen LogP contribution in [-0.4, -0.2) is 33.2 Å². The lowest BCUT2D eigenvalue weighted by Crippen LogP contribution is -2.02. The number of ether oxygens (including phenoxy) is 1. The van der Waals surface area contributed by atoms with Crippen molar-refractivity contribution in [2.75, 3.05) is 7.11 Å². The highest BCUT2D eigenvalue weighted by atomic mass is 35.5. The zero-order valence-electron chi connectivity index (χ0n) is 9.50. The number of methoxy groups -OCH3 is 1. The summed E-state index contributed by atoms with van der Waals surface area (Å²) in [5.74, 6) is -0.453. The largest absolute Gasteiger partial charge is 0.496 e. The van der Waals surface area contributed by atoms with Gasteiger partial charge >= 0.3 is 5.97 Å². The molecule has 94 valence electrons. The number of aromatic carboxylic acids is 1. The van der Waals surface area contributed by atoms with Gasteiger partial charge in [-0.3, -0.25) is 0 Å². The Morgan fingerprint density at radius 1 is 1.56 bits per heavy atom. The maximum Gasteiger partial charge on any atom is 0.358 e. The molecular weight excluding hydrogens is 258 g/mol. The molecule has 0 bridgehead atoms. The van der Waals surface area contributed by atoms with E-state index in [1.807, 2.05) is 0 Å². The third kappa shape index (κ3) is 2.60. The monoisotopic (exact) mass is 267 g/mol. The molecular formula is C11H10ClN3O3. The first-order valence-corrected chi connectivity index (χ1v) is 5.44. The molecule has 0 atom stereocenters. The van der Waals surface area contributed by atoms with Crippen molar-refractivity contribution in [3.8, 4) is 5.75 Å². The molecule has 2 aromatic rings. The van der Waals surface area contributed by atoms with Crippen molar-refractivity contribution in [1.82, 2.24) is 15.0 Å². The number of halogens is 1. The Labute approximate surface area is 108 Å². The minimum atomic E-state index is -1.11. The second kappa shape index (κ2) is 5.05. The highest BCUT2D eigenvalue weighted by Gasteiger charge is 2.10. The summed E-state index contributed by atoms with van der Waals surface area (Å²) in [7, 11) is 1.55. The van der Waals surface area contributed by atoms with Crippen LogP contribution < -0.4 is 4.74 Å². The van der Waals surface area contributed by atoms with Crippen LogP contribution >= 0.6 is 11.6 Å². The van der Waals surface area contributed by atoms with E-state index in [1.54, 1.807) is 25.3 Å². The molecule has 7 heteroatoms. The van der Waals surface area contributed by atoms with Gasteiger partial charge in [0.2, 0.25) is 0 Å². The first-order chi connectivity index (χ1) is 8.60. The highest BCUT2D eigenvalue weighted by Crippen LogP contribution is 2.23. The van der Waals surface area contributed by atoms with Crippen LogP contribution in [0.2, 0.25) is 5.02 Å². The van der Waals surface area contributed by atoms with Gasteiger partial charge in [-0.15, -0.1) is 5.10 Å². The maximum absolute atomic E-state index is 10.7. The molecule has 1 aromatic carbocycles. The number of rotatable bonds is 4. The smallest absolute Gasteiger partial charge is 0.358 e. The summed E-state index contributed by atoms with van der Waals surface area (Å²) in [4.78, 5) is 10.7. The van der Waals surface area contributed by atoms with Crippen molar-refractivity contribution in [1.29, 1.82) is 0 Å². The zero-order valence-corrected chi connectivity index (χ0v) is 10.3. The number of hydrogen-bond donors (Lipinski definition) is 1. The fourth-order valence-electron chi connectivity index (χ4n) is 1.52. The molecule has 0 radical (unpaired) electrons. The molecule has 0 amide bonds. The van der Waals surface area contributed by atoms with Crippen molar-refractivity contribution in [2.45, 2.75) is 6.54 Å². The maximum atomic E-state index is 10.7. The van der Waals surface area contributed by atoms with Gasteiger partial charge in [-0.25, -0.2) is 9.48 Å². The Balaban J connectivity index is 2.27. The van der Waals surface area contributed by atoms with Gasteiger partial charge in [0.1, 0.15) is 5.75 Å². The Morgan fingerprint density at radius 2 is 2.33 bits per heavy atom. The molecule has 0 saturated heterocycles. The fraction of sp³-hybridized carbons (Fsp3) is 0.182. The van der Waals surface area contributed by atoms with Gasteiger partial charge in [0, 0.05) is 10.6 Å². The summed E-state index contributed by atoms with van der Waals surface area (Å²) in [6.45, 7) is 0.337. The van der Waals surface area contributed by atoms with Gasteiger partial charge in [0.25, 0.3) is 0 Å². The van der Waals surface area contributed by atoms with Crippen LogP contribution in [0, 0.1) is 0 Å². The lowest BCUT2D eigenvalue weighted by Gasteiger charge is -2.08. The first-order valence-electron chi connectivity index (χ1n) is 5.06. The van der Waals surface area contributed by atoms with Crippen LogP contribution in [0.25, 0.3) is 0 Å². The van der Waals surface area contributed by atoms with Crippen LogP contribution in [0.15, 0.2) is 24.4 Å². The Kier molecular flexibility index (Phi) is 3.47. The predicted molar refractivity (Wildman–Crippen MR) is 64.1 cm³/mol. The fourth-order valence-corrected chi connectivity index (χ4v) is 1.71. The van der Waals surface area contributed by atoms with E-state index in [9.17, 15) is 4.79 Å². The molecule has 1 heterocycles. The zero-order chi connectivity index (χ0) is 13.1. The van der Waals surface area contributed by atoms with E-state index in [0.717, 1.165) is 5.56 Å². The summed E-state index contributed by atoms with van der Waals surface area (Å²) < 4.78 is 6.60. The molecule has 2 rings (SSSR count). The Bertz CT molecular complexity index is 583. The molecule has 1 aromatic heterocycles. The molecule has 6 nitrogen and oxygen atoms in total.